The number of halogens is 1. The van der Waals surface area contributed by atoms with E-state index in [1.807, 2.05) is 0 Å². The van der Waals surface area contributed by atoms with E-state index in [0.717, 1.165) is 12.8 Å². The summed E-state index contributed by atoms with van der Waals surface area (Å²) in [4.78, 5) is 11.8. The van der Waals surface area contributed by atoms with Crippen molar-refractivity contribution in [2.75, 3.05) is 23.9 Å². The second-order valence-corrected chi connectivity index (χ2v) is 5.72. The number of nitrogens with one attached hydrogen (secondary N) is 1. The summed E-state index contributed by atoms with van der Waals surface area (Å²) < 4.78 is 16.1. The van der Waals surface area contributed by atoms with Crippen molar-refractivity contribution in [3.05, 3.63) is 5.28 Å². The lowest BCUT2D eigenvalue weighted by atomic mass is 10.2. The van der Waals surface area contributed by atoms with Crippen molar-refractivity contribution in [1.82, 2.24) is 15.0 Å². The molecule has 17 heavy (non-hydrogen) atoms. The maximum absolute atomic E-state index is 11.2. The Morgan fingerprint density at radius 1 is 1.35 bits per heavy atom. The normalized spacial score (nSPS) is 24.4. The number of nitrogens with zero attached hydrogens (tertiary/aromatic N) is 3. The first-order valence-corrected chi connectivity index (χ1v) is 7.11. The molecule has 1 aromatic heterocycles. The molecule has 1 aliphatic rings. The number of methoxy groups -OCH3 is 1. The van der Waals surface area contributed by atoms with Crippen LogP contribution in [0.3, 0.4) is 0 Å². The van der Waals surface area contributed by atoms with Crippen LogP contribution in [-0.4, -0.2) is 43.8 Å². The Kier molecular flexibility index (Phi) is 4.11. The van der Waals surface area contributed by atoms with Gasteiger partial charge in [-0.15, -0.1) is 0 Å². The van der Waals surface area contributed by atoms with Crippen molar-refractivity contribution >= 4 is 28.3 Å². The maximum Gasteiger partial charge on any atom is 0.322 e. The van der Waals surface area contributed by atoms with Crippen molar-refractivity contribution in [3.8, 4) is 6.01 Å². The molecule has 0 saturated carbocycles. The molecule has 0 amide bonds. The highest BCUT2D eigenvalue weighted by Gasteiger charge is 2.19. The summed E-state index contributed by atoms with van der Waals surface area (Å²) in [6.07, 6.45) is 1.69. The monoisotopic (exact) mass is 276 g/mol. The minimum absolute atomic E-state index is 0.0961. The molecular weight excluding hydrogens is 264 g/mol. The third-order valence-electron chi connectivity index (χ3n) is 2.49. The summed E-state index contributed by atoms with van der Waals surface area (Å²) in [7, 11) is 0.798. The quantitative estimate of drug-likeness (QED) is 0.882. The number of ether oxygens (including phenoxy) is 1. The molecule has 8 heteroatoms. The summed E-state index contributed by atoms with van der Waals surface area (Å²) >= 11 is 5.74. The van der Waals surface area contributed by atoms with E-state index in [9.17, 15) is 4.21 Å². The van der Waals surface area contributed by atoms with Crippen LogP contribution in [0.1, 0.15) is 12.8 Å². The van der Waals surface area contributed by atoms with E-state index in [-0.39, 0.29) is 17.3 Å². The Hall–Kier alpha value is -0.950. The van der Waals surface area contributed by atoms with Crippen molar-refractivity contribution in [1.29, 1.82) is 0 Å². The first kappa shape index (κ1) is 12.5. The van der Waals surface area contributed by atoms with Gasteiger partial charge in [-0.3, -0.25) is 4.21 Å². The van der Waals surface area contributed by atoms with Gasteiger partial charge in [-0.05, 0) is 24.4 Å². The van der Waals surface area contributed by atoms with E-state index in [1.165, 1.54) is 7.11 Å². The molecule has 1 saturated heterocycles. The highest BCUT2D eigenvalue weighted by Crippen LogP contribution is 2.16. The van der Waals surface area contributed by atoms with Gasteiger partial charge in [-0.25, -0.2) is 0 Å². The molecule has 1 aromatic rings. The third kappa shape index (κ3) is 3.50. The Morgan fingerprint density at radius 3 is 2.71 bits per heavy atom. The van der Waals surface area contributed by atoms with E-state index in [1.54, 1.807) is 0 Å². The minimum atomic E-state index is -0.673. The molecule has 6 nitrogen and oxygen atoms in total. The molecule has 0 bridgehead atoms. The highest BCUT2D eigenvalue weighted by atomic mass is 35.5. The lowest BCUT2D eigenvalue weighted by Gasteiger charge is -2.22. The zero-order valence-electron chi connectivity index (χ0n) is 9.35. The van der Waals surface area contributed by atoms with Crippen molar-refractivity contribution < 1.29 is 8.95 Å². The van der Waals surface area contributed by atoms with Crippen LogP contribution in [0, 0.1) is 0 Å². The van der Waals surface area contributed by atoms with Crippen LogP contribution in [-0.2, 0) is 10.8 Å². The first-order valence-electron chi connectivity index (χ1n) is 5.24. The molecule has 0 unspecified atom stereocenters. The van der Waals surface area contributed by atoms with Crippen LogP contribution in [0.25, 0.3) is 0 Å². The topological polar surface area (TPSA) is 77.0 Å². The summed E-state index contributed by atoms with van der Waals surface area (Å²) in [5, 5.41) is 3.25. The summed E-state index contributed by atoms with van der Waals surface area (Å²) in [5.41, 5.74) is 0. The van der Waals surface area contributed by atoms with Crippen LogP contribution in [0.2, 0.25) is 5.28 Å². The fourth-order valence-corrected chi connectivity index (χ4v) is 3.06. The number of hydrogen-bond donors (Lipinski definition) is 1. The van der Waals surface area contributed by atoms with Gasteiger partial charge >= 0.3 is 6.01 Å². The molecule has 0 aliphatic carbocycles. The smallest absolute Gasteiger partial charge is 0.322 e. The van der Waals surface area contributed by atoms with Gasteiger partial charge in [0.25, 0.3) is 0 Å². The van der Waals surface area contributed by atoms with Crippen LogP contribution in [0.4, 0.5) is 5.95 Å². The van der Waals surface area contributed by atoms with Crippen molar-refractivity contribution in [2.45, 2.75) is 18.9 Å². The highest BCUT2D eigenvalue weighted by molar-refractivity contribution is 7.85. The first-order chi connectivity index (χ1) is 8.17. The van der Waals surface area contributed by atoms with E-state index < -0.39 is 10.8 Å². The average Bonchev–Trinajstić information content (AvgIpc) is 2.31. The lowest BCUT2D eigenvalue weighted by Crippen LogP contribution is -2.30. The van der Waals surface area contributed by atoms with Gasteiger partial charge in [0.1, 0.15) is 0 Å². The lowest BCUT2D eigenvalue weighted by molar-refractivity contribution is 0.378. The third-order valence-corrected chi connectivity index (χ3v) is 4.04. The molecule has 0 spiro atoms. The Labute approximate surface area is 107 Å². The molecule has 94 valence electrons. The van der Waals surface area contributed by atoms with Crippen LogP contribution < -0.4 is 10.1 Å². The van der Waals surface area contributed by atoms with Gasteiger partial charge in [-0.1, -0.05) is 0 Å². The predicted octanol–water partition coefficient (Wildman–Crippen LogP) is 0.857. The number of rotatable bonds is 3. The fraction of sp³-hybridized carbons (Fsp3) is 0.667. The van der Waals surface area contributed by atoms with Gasteiger partial charge in [0.2, 0.25) is 11.2 Å². The van der Waals surface area contributed by atoms with Gasteiger partial charge in [0.05, 0.1) is 7.11 Å². The molecule has 0 atom stereocenters. The zero-order valence-corrected chi connectivity index (χ0v) is 10.9. The van der Waals surface area contributed by atoms with Crippen LogP contribution in [0.5, 0.6) is 6.01 Å². The number of anilines is 1. The summed E-state index contributed by atoms with van der Waals surface area (Å²) in [6.45, 7) is 0. The van der Waals surface area contributed by atoms with Crippen LogP contribution in [0.15, 0.2) is 0 Å². The summed E-state index contributed by atoms with van der Waals surface area (Å²) in [5.74, 6) is 1.83. The van der Waals surface area contributed by atoms with E-state index >= 15 is 0 Å². The van der Waals surface area contributed by atoms with Gasteiger partial charge < -0.3 is 10.1 Å². The number of aromatic nitrogens is 3. The minimum Gasteiger partial charge on any atom is -0.467 e. The molecule has 1 fully saturated rings. The SMILES string of the molecule is COc1nc(Cl)nc(NC2CCS(=O)CC2)n1. The van der Waals surface area contributed by atoms with Gasteiger partial charge in [-0.2, -0.15) is 15.0 Å². The van der Waals surface area contributed by atoms with Crippen molar-refractivity contribution in [3.63, 3.8) is 0 Å². The van der Waals surface area contributed by atoms with Gasteiger partial charge in [0.15, 0.2) is 0 Å². The van der Waals surface area contributed by atoms with E-state index in [0.29, 0.717) is 17.5 Å². The molecule has 1 aliphatic heterocycles. The molecule has 2 rings (SSSR count). The Morgan fingerprint density at radius 2 is 2.06 bits per heavy atom. The second kappa shape index (κ2) is 5.59. The number of hydrogen-bond acceptors (Lipinski definition) is 6. The Balaban J connectivity index is 2.02. The van der Waals surface area contributed by atoms with Crippen LogP contribution >= 0.6 is 11.6 Å². The fourth-order valence-electron chi connectivity index (χ4n) is 1.61. The summed E-state index contributed by atoms with van der Waals surface area (Å²) in [6, 6.07) is 0.419. The van der Waals surface area contributed by atoms with E-state index in [2.05, 4.69) is 20.3 Å². The van der Waals surface area contributed by atoms with Crippen molar-refractivity contribution in [2.24, 2.45) is 0 Å². The molecular formula is C9H13ClN4O2S. The van der Waals surface area contributed by atoms with Gasteiger partial charge in [0, 0.05) is 28.3 Å². The molecule has 0 aromatic carbocycles. The largest absolute Gasteiger partial charge is 0.467 e. The average molecular weight is 277 g/mol. The second-order valence-electron chi connectivity index (χ2n) is 3.68. The standard InChI is InChI=1S/C9H13ClN4O2S/c1-16-9-13-7(10)12-8(14-9)11-6-2-4-17(15)5-3-6/h6H,2-5H2,1H3,(H,11,12,13,14). The maximum atomic E-state index is 11.2. The molecule has 2 heterocycles. The zero-order chi connectivity index (χ0) is 12.3. The van der Waals surface area contributed by atoms with E-state index in [4.69, 9.17) is 16.3 Å². The Bertz CT molecular complexity index is 421. The predicted molar refractivity (Wildman–Crippen MR) is 65.9 cm³/mol. The molecule has 0 radical (unpaired) electrons. The molecule has 1 N–H and O–H groups in total.